The Bertz CT molecular complexity index is 106. The summed E-state index contributed by atoms with van der Waals surface area (Å²) in [6, 6.07) is 0. The summed E-state index contributed by atoms with van der Waals surface area (Å²) in [4.78, 5) is 0. The van der Waals surface area contributed by atoms with Crippen molar-refractivity contribution < 1.29 is 9.13 Å². The van der Waals surface area contributed by atoms with Gasteiger partial charge in [-0.1, -0.05) is 0 Å². The van der Waals surface area contributed by atoms with E-state index in [1.54, 1.807) is 7.11 Å². The second kappa shape index (κ2) is 2.84. The van der Waals surface area contributed by atoms with Crippen molar-refractivity contribution in [2.24, 2.45) is 11.7 Å². The van der Waals surface area contributed by atoms with Crippen molar-refractivity contribution in [1.82, 2.24) is 0 Å². The molecule has 2 nitrogen and oxygen atoms in total. The number of methoxy groups -OCH3 is 1. The number of halogens is 1. The molecule has 1 rings (SSSR count). The fourth-order valence-corrected chi connectivity index (χ4v) is 1.49. The predicted octanol–water partition coefficient (Wildman–Crippen LogP) is 0.710. The SMILES string of the molecule is CO[C@]1(CF)C[C@@H](CN)C1. The molecule has 0 amide bonds. The Morgan fingerprint density at radius 2 is 2.30 bits per heavy atom. The second-order valence-corrected chi connectivity index (χ2v) is 3.03. The van der Waals surface area contributed by atoms with E-state index in [1.807, 2.05) is 0 Å². The lowest BCUT2D eigenvalue weighted by Crippen LogP contribution is -2.49. The number of alkyl halides is 1. The Hall–Kier alpha value is -0.150. The standard InChI is InChI=1S/C7H14FNO/c1-10-7(5-8)2-6(3-7)4-9/h6H,2-5,9H2,1H3/t6-,7-. The van der Waals surface area contributed by atoms with Crippen LogP contribution in [0.25, 0.3) is 0 Å². The zero-order chi connectivity index (χ0) is 7.61. The monoisotopic (exact) mass is 147 g/mol. The molecule has 0 aliphatic heterocycles. The maximum Gasteiger partial charge on any atom is 0.118 e. The first kappa shape index (κ1) is 7.95. The van der Waals surface area contributed by atoms with Crippen molar-refractivity contribution in [3.05, 3.63) is 0 Å². The summed E-state index contributed by atoms with van der Waals surface area (Å²) in [6.45, 7) is 0.283. The molecule has 2 N–H and O–H groups in total. The third-order valence-corrected chi connectivity index (χ3v) is 2.33. The van der Waals surface area contributed by atoms with Gasteiger partial charge < -0.3 is 10.5 Å². The molecule has 0 radical (unpaired) electrons. The van der Waals surface area contributed by atoms with Crippen LogP contribution in [-0.4, -0.2) is 25.9 Å². The Labute approximate surface area is 60.5 Å². The summed E-state index contributed by atoms with van der Waals surface area (Å²) in [6.07, 6.45) is 1.58. The van der Waals surface area contributed by atoms with Crippen LogP contribution in [0, 0.1) is 5.92 Å². The van der Waals surface area contributed by atoms with Crippen LogP contribution in [0.5, 0.6) is 0 Å². The first-order valence-corrected chi connectivity index (χ1v) is 3.57. The average Bonchev–Trinajstić information content (AvgIpc) is 1.89. The van der Waals surface area contributed by atoms with Gasteiger partial charge in [0.15, 0.2) is 0 Å². The highest BCUT2D eigenvalue weighted by molar-refractivity contribution is 4.95. The Kier molecular flexibility index (Phi) is 2.26. The summed E-state index contributed by atoms with van der Waals surface area (Å²) in [7, 11) is 1.56. The quantitative estimate of drug-likeness (QED) is 0.638. The number of nitrogens with two attached hydrogens (primary N) is 1. The van der Waals surface area contributed by atoms with Crippen LogP contribution in [0.3, 0.4) is 0 Å². The van der Waals surface area contributed by atoms with Gasteiger partial charge in [-0.25, -0.2) is 4.39 Å². The average molecular weight is 147 g/mol. The molecule has 60 valence electrons. The molecular formula is C7H14FNO. The van der Waals surface area contributed by atoms with Gasteiger partial charge in [0.05, 0.1) is 5.60 Å². The van der Waals surface area contributed by atoms with Gasteiger partial charge in [-0.3, -0.25) is 0 Å². The summed E-state index contributed by atoms with van der Waals surface area (Å²) in [5.41, 5.74) is 4.92. The van der Waals surface area contributed by atoms with E-state index in [-0.39, 0.29) is 6.67 Å². The molecule has 1 aliphatic carbocycles. The first-order valence-electron chi connectivity index (χ1n) is 3.57. The lowest BCUT2D eigenvalue weighted by Gasteiger charge is -2.44. The minimum absolute atomic E-state index is 0.375. The Morgan fingerprint density at radius 1 is 1.70 bits per heavy atom. The largest absolute Gasteiger partial charge is 0.375 e. The van der Waals surface area contributed by atoms with Gasteiger partial charge in [-0.05, 0) is 25.3 Å². The van der Waals surface area contributed by atoms with E-state index in [1.165, 1.54) is 0 Å². The van der Waals surface area contributed by atoms with Gasteiger partial charge in [-0.15, -0.1) is 0 Å². The van der Waals surface area contributed by atoms with Crippen molar-refractivity contribution in [2.75, 3.05) is 20.3 Å². The molecule has 0 aromatic carbocycles. The minimum Gasteiger partial charge on any atom is -0.375 e. The first-order chi connectivity index (χ1) is 4.76. The van der Waals surface area contributed by atoms with Crippen LogP contribution in [0.2, 0.25) is 0 Å². The van der Waals surface area contributed by atoms with Crippen LogP contribution < -0.4 is 5.73 Å². The van der Waals surface area contributed by atoms with Crippen molar-refractivity contribution >= 4 is 0 Å². The van der Waals surface area contributed by atoms with E-state index in [4.69, 9.17) is 10.5 Å². The molecule has 0 aromatic rings. The number of rotatable bonds is 3. The lowest BCUT2D eigenvalue weighted by molar-refractivity contribution is -0.115. The molecule has 0 heterocycles. The zero-order valence-electron chi connectivity index (χ0n) is 6.27. The molecule has 0 bridgehead atoms. The van der Waals surface area contributed by atoms with Gasteiger partial charge in [0.1, 0.15) is 6.67 Å². The van der Waals surface area contributed by atoms with Crippen LogP contribution in [-0.2, 0) is 4.74 Å². The summed E-state index contributed by atoms with van der Waals surface area (Å²) in [5, 5.41) is 0. The van der Waals surface area contributed by atoms with Crippen molar-refractivity contribution in [3.63, 3.8) is 0 Å². The fourth-order valence-electron chi connectivity index (χ4n) is 1.49. The highest BCUT2D eigenvalue weighted by Crippen LogP contribution is 2.39. The highest BCUT2D eigenvalue weighted by Gasteiger charge is 2.43. The summed E-state index contributed by atoms with van der Waals surface area (Å²) < 4.78 is 17.3. The molecular weight excluding hydrogens is 133 g/mol. The molecule has 0 unspecified atom stereocenters. The van der Waals surface area contributed by atoms with Crippen LogP contribution in [0.1, 0.15) is 12.8 Å². The molecule has 0 aromatic heterocycles. The van der Waals surface area contributed by atoms with E-state index in [0.29, 0.717) is 12.5 Å². The van der Waals surface area contributed by atoms with Crippen LogP contribution in [0.4, 0.5) is 4.39 Å². The third kappa shape index (κ3) is 1.16. The van der Waals surface area contributed by atoms with Crippen molar-refractivity contribution in [3.8, 4) is 0 Å². The molecule has 10 heavy (non-hydrogen) atoms. The Balaban J connectivity index is 2.31. The maximum absolute atomic E-state index is 12.2. The summed E-state index contributed by atoms with van der Waals surface area (Å²) >= 11 is 0. The molecule has 0 spiro atoms. The van der Waals surface area contributed by atoms with Gasteiger partial charge in [-0.2, -0.15) is 0 Å². The number of ether oxygens (including phenoxy) is 1. The number of hydrogen-bond acceptors (Lipinski definition) is 2. The zero-order valence-corrected chi connectivity index (χ0v) is 6.27. The molecule has 1 saturated carbocycles. The number of hydrogen-bond donors (Lipinski definition) is 1. The molecule has 1 fully saturated rings. The van der Waals surface area contributed by atoms with E-state index in [0.717, 1.165) is 12.8 Å². The second-order valence-electron chi connectivity index (χ2n) is 3.03. The van der Waals surface area contributed by atoms with Crippen LogP contribution in [0.15, 0.2) is 0 Å². The lowest BCUT2D eigenvalue weighted by atomic mass is 9.71. The topological polar surface area (TPSA) is 35.2 Å². The van der Waals surface area contributed by atoms with E-state index >= 15 is 0 Å². The smallest absolute Gasteiger partial charge is 0.118 e. The normalized spacial score (nSPS) is 39.3. The van der Waals surface area contributed by atoms with Gasteiger partial charge in [0, 0.05) is 7.11 Å². The van der Waals surface area contributed by atoms with Gasteiger partial charge in [0.2, 0.25) is 0 Å². The molecule has 3 heteroatoms. The van der Waals surface area contributed by atoms with E-state index in [2.05, 4.69) is 0 Å². The van der Waals surface area contributed by atoms with Crippen molar-refractivity contribution in [2.45, 2.75) is 18.4 Å². The minimum atomic E-state index is -0.468. The maximum atomic E-state index is 12.2. The molecule has 1 aliphatic rings. The Morgan fingerprint density at radius 3 is 2.60 bits per heavy atom. The summed E-state index contributed by atoms with van der Waals surface area (Å²) in [5.74, 6) is 0.482. The van der Waals surface area contributed by atoms with Gasteiger partial charge >= 0.3 is 0 Å². The van der Waals surface area contributed by atoms with Gasteiger partial charge in [0.25, 0.3) is 0 Å². The highest BCUT2D eigenvalue weighted by atomic mass is 19.1. The van der Waals surface area contributed by atoms with E-state index < -0.39 is 5.60 Å². The van der Waals surface area contributed by atoms with Crippen LogP contribution >= 0.6 is 0 Å². The molecule has 0 atom stereocenters. The van der Waals surface area contributed by atoms with E-state index in [9.17, 15) is 4.39 Å². The predicted molar refractivity (Wildman–Crippen MR) is 37.5 cm³/mol. The van der Waals surface area contributed by atoms with Crippen molar-refractivity contribution in [1.29, 1.82) is 0 Å². The fraction of sp³-hybridized carbons (Fsp3) is 1.00. The molecule has 0 saturated heterocycles. The third-order valence-electron chi connectivity index (χ3n) is 2.33.